The van der Waals surface area contributed by atoms with E-state index in [1.165, 1.54) is 46.7 Å². The van der Waals surface area contributed by atoms with Crippen LogP contribution in [0, 0.1) is 11.6 Å². The van der Waals surface area contributed by atoms with Gasteiger partial charge in [0, 0.05) is 17.3 Å². The van der Waals surface area contributed by atoms with Crippen LogP contribution in [-0.2, 0) is 6.18 Å². The Hall–Kier alpha value is -3.60. The Morgan fingerprint density at radius 1 is 1.07 bits per heavy atom. The van der Waals surface area contributed by atoms with E-state index in [0.717, 1.165) is 24.3 Å². The number of aliphatic imine (C=N–C) groups is 1. The highest BCUT2D eigenvalue weighted by atomic mass is 19.4. The van der Waals surface area contributed by atoms with E-state index in [2.05, 4.69) is 15.1 Å². The SMILES string of the molecule is NC1c2ncn(-c3ccc(C(F)(F)F)cc3)c2N=CN1N=Cc1ccc(F)cc1F. The van der Waals surface area contributed by atoms with E-state index in [9.17, 15) is 22.0 Å². The Morgan fingerprint density at radius 3 is 2.47 bits per heavy atom. The Labute approximate surface area is 166 Å². The van der Waals surface area contributed by atoms with E-state index in [4.69, 9.17) is 5.73 Å². The van der Waals surface area contributed by atoms with Crippen molar-refractivity contribution in [3.05, 3.63) is 77.2 Å². The lowest BCUT2D eigenvalue weighted by Gasteiger charge is -2.24. The largest absolute Gasteiger partial charge is 0.416 e. The molecule has 1 unspecified atom stereocenters. The smallest absolute Gasteiger partial charge is 0.304 e. The lowest BCUT2D eigenvalue weighted by molar-refractivity contribution is -0.137. The molecule has 6 nitrogen and oxygen atoms in total. The third kappa shape index (κ3) is 3.66. The van der Waals surface area contributed by atoms with E-state index >= 15 is 0 Å². The highest BCUT2D eigenvalue weighted by Gasteiger charge is 2.30. The zero-order valence-electron chi connectivity index (χ0n) is 15.1. The van der Waals surface area contributed by atoms with Crippen LogP contribution >= 0.6 is 0 Å². The predicted molar refractivity (Wildman–Crippen MR) is 99.4 cm³/mol. The number of nitrogens with zero attached hydrogens (tertiary/aromatic N) is 5. The van der Waals surface area contributed by atoms with Gasteiger partial charge in [-0.2, -0.15) is 18.3 Å². The standard InChI is InChI=1S/C19H13F5N6/c20-13-4-1-11(15(21)7-13)8-28-30-10-27-18-16(17(30)25)26-9-29(18)14-5-2-12(3-6-14)19(22,23)24/h1-10,17H,25H2. The molecule has 0 aliphatic carbocycles. The van der Waals surface area contributed by atoms with Crippen molar-refractivity contribution in [2.75, 3.05) is 0 Å². The van der Waals surface area contributed by atoms with Crippen LogP contribution in [0.1, 0.15) is 23.0 Å². The average Bonchev–Trinajstić information content (AvgIpc) is 3.13. The Bertz CT molecular complexity index is 1130. The number of nitrogens with two attached hydrogens (primary N) is 1. The highest BCUT2D eigenvalue weighted by molar-refractivity contribution is 5.81. The monoisotopic (exact) mass is 420 g/mol. The zero-order valence-corrected chi connectivity index (χ0v) is 15.1. The average molecular weight is 420 g/mol. The van der Waals surface area contributed by atoms with Gasteiger partial charge in [0.15, 0.2) is 5.82 Å². The van der Waals surface area contributed by atoms with E-state index < -0.39 is 29.5 Å². The molecule has 0 spiro atoms. The molecule has 0 saturated heterocycles. The maximum Gasteiger partial charge on any atom is 0.416 e. The van der Waals surface area contributed by atoms with Crippen LogP contribution in [-0.4, -0.2) is 27.1 Å². The summed E-state index contributed by atoms with van der Waals surface area (Å²) in [5.74, 6) is -1.16. The molecule has 30 heavy (non-hydrogen) atoms. The zero-order chi connectivity index (χ0) is 21.5. The van der Waals surface area contributed by atoms with E-state index in [0.29, 0.717) is 17.2 Å². The quantitative estimate of drug-likeness (QED) is 0.512. The van der Waals surface area contributed by atoms with Gasteiger partial charge in [0.1, 0.15) is 36.2 Å². The number of fused-ring (bicyclic) bond motifs is 1. The molecule has 0 radical (unpaired) electrons. The molecular weight excluding hydrogens is 407 g/mol. The van der Waals surface area contributed by atoms with E-state index in [1.54, 1.807) is 0 Å². The molecule has 4 rings (SSSR count). The number of rotatable bonds is 3. The van der Waals surface area contributed by atoms with Gasteiger partial charge < -0.3 is 5.73 Å². The van der Waals surface area contributed by atoms with Gasteiger partial charge in [-0.3, -0.25) is 4.57 Å². The van der Waals surface area contributed by atoms with Gasteiger partial charge in [0.05, 0.1) is 11.8 Å². The molecule has 0 fully saturated rings. The maximum absolute atomic E-state index is 13.7. The second-order valence-corrected chi connectivity index (χ2v) is 6.35. The predicted octanol–water partition coefficient (Wildman–Crippen LogP) is 4.14. The van der Waals surface area contributed by atoms with E-state index in [1.807, 2.05) is 0 Å². The van der Waals surface area contributed by atoms with Crippen molar-refractivity contribution in [2.45, 2.75) is 12.3 Å². The summed E-state index contributed by atoms with van der Waals surface area (Å²) in [7, 11) is 0. The fraction of sp³-hybridized carbons (Fsp3) is 0.105. The minimum atomic E-state index is -4.43. The van der Waals surface area contributed by atoms with Gasteiger partial charge >= 0.3 is 6.18 Å². The van der Waals surface area contributed by atoms with Crippen molar-refractivity contribution in [1.82, 2.24) is 14.6 Å². The number of imidazole rings is 1. The van der Waals surface area contributed by atoms with Crippen molar-refractivity contribution in [3.63, 3.8) is 0 Å². The van der Waals surface area contributed by atoms with Crippen LogP contribution in [0.15, 0.2) is 58.9 Å². The highest BCUT2D eigenvalue weighted by Crippen LogP contribution is 2.33. The topological polar surface area (TPSA) is 71.8 Å². The fourth-order valence-electron chi connectivity index (χ4n) is 2.84. The summed E-state index contributed by atoms with van der Waals surface area (Å²) < 4.78 is 66.5. The first-order chi connectivity index (χ1) is 14.2. The van der Waals surface area contributed by atoms with Crippen molar-refractivity contribution < 1.29 is 22.0 Å². The van der Waals surface area contributed by atoms with Crippen LogP contribution in [0.4, 0.5) is 27.8 Å². The number of hydrogen-bond acceptors (Lipinski definition) is 5. The lowest BCUT2D eigenvalue weighted by Crippen LogP contribution is -2.32. The first-order valence-electron chi connectivity index (χ1n) is 8.56. The molecule has 2 N–H and O–H groups in total. The Balaban J connectivity index is 1.59. The maximum atomic E-state index is 13.7. The normalized spacial score (nSPS) is 16.3. The minimum Gasteiger partial charge on any atom is -0.304 e. The number of halogens is 5. The molecule has 1 aromatic heterocycles. The molecule has 0 amide bonds. The van der Waals surface area contributed by atoms with Crippen molar-refractivity contribution in [3.8, 4) is 5.69 Å². The third-order valence-corrected chi connectivity index (χ3v) is 4.40. The first-order valence-corrected chi connectivity index (χ1v) is 8.56. The number of hydrogen-bond donors (Lipinski definition) is 1. The van der Waals surface area contributed by atoms with Crippen LogP contribution in [0.3, 0.4) is 0 Å². The van der Waals surface area contributed by atoms with Gasteiger partial charge in [-0.25, -0.2) is 23.8 Å². The molecule has 0 bridgehead atoms. The van der Waals surface area contributed by atoms with Crippen molar-refractivity contribution in [2.24, 2.45) is 15.8 Å². The van der Waals surface area contributed by atoms with Gasteiger partial charge in [-0.15, -0.1) is 0 Å². The summed E-state index contributed by atoms with van der Waals surface area (Å²) in [5, 5.41) is 5.27. The van der Waals surface area contributed by atoms with Gasteiger partial charge in [0.2, 0.25) is 0 Å². The summed E-state index contributed by atoms with van der Waals surface area (Å²) in [6, 6.07) is 7.57. The molecule has 154 valence electrons. The third-order valence-electron chi connectivity index (χ3n) is 4.40. The van der Waals surface area contributed by atoms with E-state index in [-0.39, 0.29) is 5.56 Å². The van der Waals surface area contributed by atoms with Crippen LogP contribution in [0.25, 0.3) is 5.69 Å². The second-order valence-electron chi connectivity index (χ2n) is 6.35. The summed E-state index contributed by atoms with van der Waals surface area (Å²) >= 11 is 0. The molecule has 0 saturated carbocycles. The number of alkyl halides is 3. The van der Waals surface area contributed by atoms with Crippen LogP contribution in [0.5, 0.6) is 0 Å². The summed E-state index contributed by atoms with van der Waals surface area (Å²) in [5.41, 5.74) is 6.17. The van der Waals surface area contributed by atoms with Gasteiger partial charge in [-0.05, 0) is 36.4 Å². The molecule has 1 aliphatic heterocycles. The summed E-state index contributed by atoms with van der Waals surface area (Å²) in [4.78, 5) is 8.40. The lowest BCUT2D eigenvalue weighted by atomic mass is 10.2. The fourth-order valence-corrected chi connectivity index (χ4v) is 2.84. The molecular formula is C19H13F5N6. The molecule has 1 aliphatic rings. The van der Waals surface area contributed by atoms with Gasteiger partial charge in [-0.1, -0.05) is 0 Å². The molecule has 1 atom stereocenters. The van der Waals surface area contributed by atoms with Crippen LogP contribution in [0.2, 0.25) is 0 Å². The van der Waals surface area contributed by atoms with Gasteiger partial charge in [0.25, 0.3) is 0 Å². The van der Waals surface area contributed by atoms with Crippen LogP contribution < -0.4 is 5.73 Å². The molecule has 3 aromatic rings. The Morgan fingerprint density at radius 2 is 1.80 bits per heavy atom. The summed E-state index contributed by atoms with van der Waals surface area (Å²) in [6.07, 6.45) is -1.47. The number of hydrazone groups is 1. The minimum absolute atomic E-state index is 0.0538. The second kappa shape index (κ2) is 7.34. The molecule has 2 aromatic carbocycles. The molecule has 11 heteroatoms. The Kier molecular flexibility index (Phi) is 4.82. The summed E-state index contributed by atoms with van der Waals surface area (Å²) in [6.45, 7) is 0. The number of benzene rings is 2. The van der Waals surface area contributed by atoms with Crippen molar-refractivity contribution >= 4 is 18.4 Å². The molecule has 2 heterocycles. The number of aromatic nitrogens is 2. The first kappa shape index (κ1) is 19.7. The van der Waals surface area contributed by atoms with Crippen molar-refractivity contribution in [1.29, 1.82) is 0 Å².